The average Bonchev–Trinajstić information content (AvgIpc) is 2.60. The highest BCUT2D eigenvalue weighted by Gasteiger charge is 2.30. The first-order chi connectivity index (χ1) is 12.3. The van der Waals surface area contributed by atoms with Crippen molar-refractivity contribution in [2.45, 2.75) is 19.1 Å². The minimum atomic E-state index is -4.32. The first kappa shape index (κ1) is 18.5. The predicted octanol–water partition coefficient (Wildman–Crippen LogP) is 4.98. The number of halogens is 3. The molecule has 0 aromatic heterocycles. The van der Waals surface area contributed by atoms with Crippen molar-refractivity contribution in [3.05, 3.63) is 65.7 Å². The van der Waals surface area contributed by atoms with Crippen molar-refractivity contribution in [2.24, 2.45) is 0 Å². The van der Waals surface area contributed by atoms with Crippen molar-refractivity contribution in [1.29, 1.82) is 0 Å². The Bertz CT molecular complexity index is 792. The van der Waals surface area contributed by atoms with Crippen molar-refractivity contribution in [3.8, 4) is 11.1 Å². The van der Waals surface area contributed by atoms with Gasteiger partial charge in [-0.2, -0.15) is 13.2 Å². The molecule has 2 aromatic rings. The minimum absolute atomic E-state index is 0.622. The van der Waals surface area contributed by atoms with E-state index in [1.165, 1.54) is 11.1 Å². The summed E-state index contributed by atoms with van der Waals surface area (Å²) in [5, 5.41) is 0. The quantitative estimate of drug-likeness (QED) is 0.710. The summed E-state index contributed by atoms with van der Waals surface area (Å²) in [6.07, 6.45) is -1.45. The van der Waals surface area contributed by atoms with E-state index in [0.717, 1.165) is 55.0 Å². The van der Waals surface area contributed by atoms with E-state index in [1.807, 2.05) is 25.1 Å². The lowest BCUT2D eigenvalue weighted by atomic mass is 9.92. The third kappa shape index (κ3) is 3.78. The third-order valence-electron chi connectivity index (χ3n) is 4.80. The molecule has 1 aliphatic rings. The van der Waals surface area contributed by atoms with E-state index in [1.54, 1.807) is 12.1 Å². The number of alkyl halides is 3. The molecule has 26 heavy (non-hydrogen) atoms. The molecule has 0 saturated heterocycles. The van der Waals surface area contributed by atoms with Gasteiger partial charge in [-0.15, -0.1) is 6.58 Å². The zero-order valence-electron chi connectivity index (χ0n) is 15.1. The van der Waals surface area contributed by atoms with Gasteiger partial charge in [-0.25, -0.2) is 0 Å². The maximum Gasteiger partial charge on any atom is 0.416 e. The Balaban J connectivity index is 2.02. The minimum Gasteiger partial charge on any atom is -0.377 e. The van der Waals surface area contributed by atoms with Crippen molar-refractivity contribution < 1.29 is 13.2 Å². The van der Waals surface area contributed by atoms with Gasteiger partial charge in [0.1, 0.15) is 0 Å². The largest absolute Gasteiger partial charge is 0.416 e. The summed E-state index contributed by atoms with van der Waals surface area (Å²) >= 11 is 0. The second kappa shape index (κ2) is 7.16. The molecular weight excluding hydrogens is 337 g/mol. The molecule has 0 fully saturated rings. The molecule has 0 aliphatic carbocycles. The molecule has 5 heteroatoms. The smallest absolute Gasteiger partial charge is 0.377 e. The van der Waals surface area contributed by atoms with E-state index < -0.39 is 11.7 Å². The summed E-state index contributed by atoms with van der Waals surface area (Å²) in [5.41, 5.74) is 4.71. The van der Waals surface area contributed by atoms with Crippen molar-refractivity contribution in [3.63, 3.8) is 0 Å². The van der Waals surface area contributed by atoms with E-state index in [0.29, 0.717) is 0 Å². The van der Waals surface area contributed by atoms with Crippen LogP contribution in [0.5, 0.6) is 0 Å². The van der Waals surface area contributed by atoms with Gasteiger partial charge >= 0.3 is 6.18 Å². The highest BCUT2D eigenvalue weighted by atomic mass is 19.4. The molecule has 0 atom stereocenters. The second-order valence-electron chi connectivity index (χ2n) is 6.88. The normalized spacial score (nSPS) is 14.8. The molecule has 0 unspecified atom stereocenters. The van der Waals surface area contributed by atoms with Crippen LogP contribution in [0.4, 0.5) is 18.9 Å². The van der Waals surface area contributed by atoms with Crippen LogP contribution < -0.4 is 4.90 Å². The van der Waals surface area contributed by atoms with Crippen LogP contribution in [0, 0.1) is 0 Å². The fourth-order valence-electron chi connectivity index (χ4n) is 3.43. The van der Waals surface area contributed by atoms with Crippen LogP contribution in [-0.2, 0) is 19.1 Å². The lowest BCUT2D eigenvalue weighted by Crippen LogP contribution is -2.30. The van der Waals surface area contributed by atoms with Gasteiger partial charge < -0.3 is 4.90 Å². The zero-order chi connectivity index (χ0) is 18.9. The fourth-order valence-corrected chi connectivity index (χ4v) is 3.43. The highest BCUT2D eigenvalue weighted by Crippen LogP contribution is 2.37. The van der Waals surface area contributed by atoms with E-state index in [4.69, 9.17) is 0 Å². The highest BCUT2D eigenvalue weighted by molar-refractivity contribution is 5.80. The summed E-state index contributed by atoms with van der Waals surface area (Å²) < 4.78 is 38.5. The zero-order valence-corrected chi connectivity index (χ0v) is 15.1. The SMILES string of the molecule is C=CCN1CCc2cc(N(C)C)c(-c3ccc(C(F)(F)F)cc3)cc2C1. The van der Waals surface area contributed by atoms with Gasteiger partial charge in [-0.1, -0.05) is 18.2 Å². The number of benzene rings is 2. The molecule has 0 spiro atoms. The monoisotopic (exact) mass is 360 g/mol. The van der Waals surface area contributed by atoms with Crippen LogP contribution in [0.2, 0.25) is 0 Å². The van der Waals surface area contributed by atoms with Crippen LogP contribution in [0.1, 0.15) is 16.7 Å². The lowest BCUT2D eigenvalue weighted by Gasteiger charge is -2.30. The topological polar surface area (TPSA) is 6.48 Å². The Morgan fingerprint density at radius 2 is 1.81 bits per heavy atom. The Hall–Kier alpha value is -2.27. The van der Waals surface area contributed by atoms with Crippen LogP contribution in [0.3, 0.4) is 0 Å². The lowest BCUT2D eigenvalue weighted by molar-refractivity contribution is -0.137. The first-order valence-electron chi connectivity index (χ1n) is 8.63. The Morgan fingerprint density at radius 1 is 1.12 bits per heavy atom. The van der Waals surface area contributed by atoms with Crippen LogP contribution in [-0.4, -0.2) is 32.1 Å². The molecule has 3 rings (SSSR count). The maximum atomic E-state index is 12.8. The van der Waals surface area contributed by atoms with Crippen molar-refractivity contribution in [2.75, 3.05) is 32.1 Å². The van der Waals surface area contributed by atoms with Crippen LogP contribution >= 0.6 is 0 Å². The number of hydrogen-bond donors (Lipinski definition) is 0. The number of hydrogen-bond acceptors (Lipinski definition) is 2. The molecule has 0 radical (unpaired) electrons. The molecule has 0 bridgehead atoms. The summed E-state index contributed by atoms with van der Waals surface area (Å²) in [4.78, 5) is 4.34. The number of fused-ring (bicyclic) bond motifs is 1. The van der Waals surface area contributed by atoms with E-state index in [9.17, 15) is 13.2 Å². The summed E-state index contributed by atoms with van der Waals surface area (Å²) in [6, 6.07) is 9.72. The molecule has 0 amide bonds. The van der Waals surface area contributed by atoms with Gasteiger partial charge in [0.2, 0.25) is 0 Å². The maximum absolute atomic E-state index is 12.8. The van der Waals surface area contributed by atoms with Gasteiger partial charge in [0.15, 0.2) is 0 Å². The fraction of sp³-hybridized carbons (Fsp3) is 0.333. The summed E-state index contributed by atoms with van der Waals surface area (Å²) in [5.74, 6) is 0. The van der Waals surface area contributed by atoms with E-state index in [-0.39, 0.29) is 0 Å². The summed E-state index contributed by atoms with van der Waals surface area (Å²) in [6.45, 7) is 6.47. The molecule has 2 aromatic carbocycles. The van der Waals surface area contributed by atoms with Gasteiger partial charge in [-0.05, 0) is 47.4 Å². The van der Waals surface area contributed by atoms with E-state index in [2.05, 4.69) is 23.6 Å². The first-order valence-corrected chi connectivity index (χ1v) is 8.63. The van der Waals surface area contributed by atoms with Gasteiger partial charge in [0, 0.05) is 45.0 Å². The summed E-state index contributed by atoms with van der Waals surface area (Å²) in [7, 11) is 3.92. The standard InChI is InChI=1S/C21H23F3N2/c1-4-10-26-11-9-16-13-20(25(2)3)19(12-17(16)14-26)15-5-7-18(8-6-15)21(22,23)24/h4-8,12-13H,1,9-11,14H2,2-3H3. The van der Waals surface area contributed by atoms with Crippen LogP contribution in [0.15, 0.2) is 49.1 Å². The molecule has 0 saturated carbocycles. The van der Waals surface area contributed by atoms with Gasteiger partial charge in [0.25, 0.3) is 0 Å². The Morgan fingerprint density at radius 3 is 2.38 bits per heavy atom. The number of nitrogens with zero attached hydrogens (tertiary/aromatic N) is 2. The number of rotatable bonds is 4. The van der Waals surface area contributed by atoms with Gasteiger partial charge in [-0.3, -0.25) is 4.90 Å². The second-order valence-corrected chi connectivity index (χ2v) is 6.88. The predicted molar refractivity (Wildman–Crippen MR) is 100 cm³/mol. The Labute approximate surface area is 152 Å². The van der Waals surface area contributed by atoms with Crippen LogP contribution in [0.25, 0.3) is 11.1 Å². The van der Waals surface area contributed by atoms with Crippen molar-refractivity contribution >= 4 is 5.69 Å². The molecule has 2 nitrogen and oxygen atoms in total. The van der Waals surface area contributed by atoms with Crippen molar-refractivity contribution in [1.82, 2.24) is 4.90 Å². The molecule has 1 heterocycles. The Kier molecular flexibility index (Phi) is 5.10. The molecule has 1 aliphatic heterocycles. The molecule has 0 N–H and O–H groups in total. The average molecular weight is 360 g/mol. The molecular formula is C21H23F3N2. The number of anilines is 1. The molecule has 138 valence electrons. The third-order valence-corrected chi connectivity index (χ3v) is 4.80. The van der Waals surface area contributed by atoms with Gasteiger partial charge in [0.05, 0.1) is 5.56 Å². The van der Waals surface area contributed by atoms with E-state index >= 15 is 0 Å².